The molecule has 1 aromatic rings. The predicted molar refractivity (Wildman–Crippen MR) is 140 cm³/mol. The molecule has 2 unspecified atom stereocenters. The van der Waals surface area contributed by atoms with Crippen LogP contribution in [-0.2, 0) is 20.9 Å². The number of nitrogens with zero attached hydrogens (tertiary/aromatic N) is 1. The van der Waals surface area contributed by atoms with Gasteiger partial charge in [0.15, 0.2) is 0 Å². The van der Waals surface area contributed by atoms with Crippen LogP contribution in [0.1, 0.15) is 77.7 Å². The first kappa shape index (κ1) is 28.8. The summed E-state index contributed by atoms with van der Waals surface area (Å²) in [6.45, 7) is 5.99. The summed E-state index contributed by atoms with van der Waals surface area (Å²) < 4.78 is 10.8. The fraction of sp³-hybridized carbons (Fsp3) is 0.679. The number of hydrogen-bond acceptors (Lipinski definition) is 6. The van der Waals surface area contributed by atoms with Crippen molar-refractivity contribution in [2.24, 2.45) is 5.92 Å². The molecule has 2 aliphatic rings. The van der Waals surface area contributed by atoms with Gasteiger partial charge in [-0.05, 0) is 51.5 Å². The molecule has 1 saturated carbocycles. The van der Waals surface area contributed by atoms with Gasteiger partial charge in [0.2, 0.25) is 5.91 Å². The Hall–Kier alpha value is -2.81. The quantitative estimate of drug-likeness (QED) is 0.501. The molecule has 3 N–H and O–H groups in total. The zero-order valence-electron chi connectivity index (χ0n) is 22.4. The van der Waals surface area contributed by atoms with Crippen LogP contribution in [-0.4, -0.2) is 65.0 Å². The molecule has 1 saturated heterocycles. The van der Waals surface area contributed by atoms with Crippen molar-refractivity contribution < 1.29 is 29.0 Å². The largest absolute Gasteiger partial charge is 0.445 e. The number of amides is 3. The Labute approximate surface area is 220 Å². The molecule has 1 aliphatic heterocycles. The van der Waals surface area contributed by atoms with Gasteiger partial charge in [0.1, 0.15) is 18.2 Å². The molecule has 3 rings (SSSR count). The molecule has 1 aliphatic carbocycles. The molecule has 0 bridgehead atoms. The maximum absolute atomic E-state index is 13.3. The minimum absolute atomic E-state index is 0.0609. The normalized spacial score (nSPS) is 21.9. The number of alkyl carbamates (subject to hydrolysis) is 1. The molecule has 0 radical (unpaired) electrons. The molecule has 206 valence electrons. The van der Waals surface area contributed by atoms with E-state index in [1.165, 1.54) is 11.3 Å². The lowest BCUT2D eigenvalue weighted by molar-refractivity contribution is -0.125. The molecule has 3 atom stereocenters. The Morgan fingerprint density at radius 2 is 1.76 bits per heavy atom. The summed E-state index contributed by atoms with van der Waals surface area (Å²) in [7, 11) is 0. The van der Waals surface area contributed by atoms with Gasteiger partial charge in [0.05, 0.1) is 18.7 Å². The van der Waals surface area contributed by atoms with Crippen LogP contribution in [0.25, 0.3) is 0 Å². The fourth-order valence-electron chi connectivity index (χ4n) is 5.00. The summed E-state index contributed by atoms with van der Waals surface area (Å²) in [6, 6.07) is 8.13. The SMILES string of the molecule is CC(C)(C)OC(=O)N[C@@H](CC1CCCCC1)C(=O)NC1CCCN(C(=O)OCc2ccccc2)CC1O. The van der Waals surface area contributed by atoms with E-state index in [-0.39, 0.29) is 19.1 Å². The lowest BCUT2D eigenvalue weighted by Crippen LogP contribution is -2.54. The highest BCUT2D eigenvalue weighted by molar-refractivity contribution is 5.86. The number of likely N-dealkylation sites (tertiary alicyclic amines) is 1. The second kappa shape index (κ2) is 13.7. The molecular weight excluding hydrogens is 474 g/mol. The van der Waals surface area contributed by atoms with Crippen molar-refractivity contribution >= 4 is 18.1 Å². The average Bonchev–Trinajstić information content (AvgIpc) is 3.03. The third-order valence-corrected chi connectivity index (χ3v) is 6.91. The third kappa shape index (κ3) is 9.87. The number of carbonyl (C=O) groups excluding carboxylic acids is 3. The molecule has 0 aromatic heterocycles. The van der Waals surface area contributed by atoms with Crippen LogP contribution in [0, 0.1) is 5.92 Å². The zero-order valence-corrected chi connectivity index (χ0v) is 22.4. The molecule has 3 amide bonds. The number of rotatable bonds is 7. The minimum atomic E-state index is -0.951. The number of aliphatic hydroxyl groups is 1. The monoisotopic (exact) mass is 517 g/mol. The molecule has 0 spiro atoms. The second-order valence-corrected chi connectivity index (χ2v) is 11.2. The van der Waals surface area contributed by atoms with E-state index in [0.29, 0.717) is 31.7 Å². The standard InChI is InChI=1S/C28H43N3O6/c1-28(2,3)37-26(34)30-23(17-20-11-6-4-7-12-20)25(33)29-22-15-10-16-31(18-24(22)32)27(35)36-19-21-13-8-5-9-14-21/h5,8-9,13-14,20,22-24,32H,4,6-7,10-12,15-19H2,1-3H3,(H,29,33)(H,30,34)/t22?,23-,24?/m0/s1. The van der Waals surface area contributed by atoms with Crippen LogP contribution < -0.4 is 10.6 Å². The number of carbonyl (C=O) groups is 3. The van der Waals surface area contributed by atoms with Crippen LogP contribution in [0.15, 0.2) is 30.3 Å². The maximum atomic E-state index is 13.3. The maximum Gasteiger partial charge on any atom is 0.410 e. The van der Waals surface area contributed by atoms with Gasteiger partial charge in [0.25, 0.3) is 0 Å². The summed E-state index contributed by atoms with van der Waals surface area (Å²) in [6.07, 6.45) is 5.11. The first-order valence-electron chi connectivity index (χ1n) is 13.5. The van der Waals surface area contributed by atoms with E-state index in [1.54, 1.807) is 20.8 Å². The highest BCUT2D eigenvalue weighted by Gasteiger charge is 2.33. The molecule has 9 nitrogen and oxygen atoms in total. The van der Waals surface area contributed by atoms with Crippen LogP contribution in [0.2, 0.25) is 0 Å². The predicted octanol–water partition coefficient (Wildman–Crippen LogP) is 4.13. The lowest BCUT2D eigenvalue weighted by atomic mass is 9.84. The molecule has 9 heteroatoms. The second-order valence-electron chi connectivity index (χ2n) is 11.2. The van der Waals surface area contributed by atoms with Gasteiger partial charge < -0.3 is 30.1 Å². The Balaban J connectivity index is 1.57. The van der Waals surface area contributed by atoms with Crippen LogP contribution in [0.5, 0.6) is 0 Å². The van der Waals surface area contributed by atoms with E-state index in [1.807, 2.05) is 30.3 Å². The topological polar surface area (TPSA) is 117 Å². The van der Waals surface area contributed by atoms with E-state index < -0.39 is 36.0 Å². The summed E-state index contributed by atoms with van der Waals surface area (Å²) >= 11 is 0. The first-order valence-corrected chi connectivity index (χ1v) is 13.5. The van der Waals surface area contributed by atoms with Crippen LogP contribution in [0.3, 0.4) is 0 Å². The fourth-order valence-corrected chi connectivity index (χ4v) is 5.00. The number of ether oxygens (including phenoxy) is 2. The van der Waals surface area contributed by atoms with Crippen molar-refractivity contribution in [2.45, 2.75) is 103 Å². The first-order chi connectivity index (χ1) is 17.6. The van der Waals surface area contributed by atoms with E-state index >= 15 is 0 Å². The van der Waals surface area contributed by atoms with E-state index in [0.717, 1.165) is 31.2 Å². The molecule has 1 heterocycles. The van der Waals surface area contributed by atoms with Gasteiger partial charge in [-0.25, -0.2) is 9.59 Å². The Kier molecular flexibility index (Phi) is 10.6. The Morgan fingerprint density at radius 3 is 2.43 bits per heavy atom. The van der Waals surface area contributed by atoms with Crippen molar-refractivity contribution in [2.75, 3.05) is 13.1 Å². The number of β-amino-alcohol motifs (C(OH)–C–C–N with tert-alkyl or cyclic N) is 1. The minimum Gasteiger partial charge on any atom is -0.445 e. The number of nitrogens with one attached hydrogen (secondary N) is 2. The summed E-state index contributed by atoms with van der Waals surface area (Å²) in [5, 5.41) is 16.6. The molecular formula is C28H43N3O6. The van der Waals surface area contributed by atoms with Gasteiger partial charge in [-0.1, -0.05) is 62.4 Å². The Morgan fingerprint density at radius 1 is 1.05 bits per heavy atom. The summed E-state index contributed by atoms with van der Waals surface area (Å²) in [4.78, 5) is 39.9. The summed E-state index contributed by atoms with van der Waals surface area (Å²) in [5.41, 5.74) is 0.212. The van der Waals surface area contributed by atoms with E-state index in [9.17, 15) is 19.5 Å². The Bertz CT molecular complexity index is 882. The van der Waals surface area contributed by atoms with E-state index in [4.69, 9.17) is 9.47 Å². The van der Waals surface area contributed by atoms with Gasteiger partial charge in [0, 0.05) is 6.54 Å². The van der Waals surface area contributed by atoms with E-state index in [2.05, 4.69) is 10.6 Å². The molecule has 37 heavy (non-hydrogen) atoms. The third-order valence-electron chi connectivity index (χ3n) is 6.91. The number of aliphatic hydroxyl groups excluding tert-OH is 1. The van der Waals surface area contributed by atoms with Crippen LogP contribution >= 0.6 is 0 Å². The smallest absolute Gasteiger partial charge is 0.410 e. The van der Waals surface area contributed by atoms with Gasteiger partial charge in [-0.2, -0.15) is 0 Å². The molecule has 2 fully saturated rings. The number of benzene rings is 1. The van der Waals surface area contributed by atoms with Crippen molar-refractivity contribution in [1.29, 1.82) is 0 Å². The number of hydrogen-bond donors (Lipinski definition) is 3. The van der Waals surface area contributed by atoms with Crippen LogP contribution in [0.4, 0.5) is 9.59 Å². The van der Waals surface area contributed by atoms with Gasteiger partial charge in [-0.3, -0.25) is 4.79 Å². The summed E-state index contributed by atoms with van der Waals surface area (Å²) in [5.74, 6) is 0.0222. The van der Waals surface area contributed by atoms with Gasteiger partial charge in [-0.15, -0.1) is 0 Å². The average molecular weight is 518 g/mol. The van der Waals surface area contributed by atoms with Crippen molar-refractivity contribution in [3.63, 3.8) is 0 Å². The van der Waals surface area contributed by atoms with Crippen molar-refractivity contribution in [1.82, 2.24) is 15.5 Å². The zero-order chi connectivity index (χ0) is 26.8. The van der Waals surface area contributed by atoms with Gasteiger partial charge >= 0.3 is 12.2 Å². The van der Waals surface area contributed by atoms with Crippen molar-refractivity contribution in [3.05, 3.63) is 35.9 Å². The highest BCUT2D eigenvalue weighted by Crippen LogP contribution is 2.27. The highest BCUT2D eigenvalue weighted by atomic mass is 16.6. The van der Waals surface area contributed by atoms with Crippen molar-refractivity contribution in [3.8, 4) is 0 Å². The lowest BCUT2D eigenvalue weighted by Gasteiger charge is -2.30. The molecule has 1 aromatic carbocycles.